The Kier molecular flexibility index (Phi) is 5.69. The summed E-state index contributed by atoms with van der Waals surface area (Å²) in [6.45, 7) is 0. The Morgan fingerprint density at radius 1 is 1.30 bits per heavy atom. The molecule has 6 nitrogen and oxygen atoms in total. The third-order valence-electron chi connectivity index (χ3n) is 2.49. The summed E-state index contributed by atoms with van der Waals surface area (Å²) in [6, 6.07) is 6.34. The van der Waals surface area contributed by atoms with Crippen molar-refractivity contribution >= 4 is 27.4 Å². The number of nitrogens with one attached hydrogen (secondary N) is 1. The van der Waals surface area contributed by atoms with E-state index >= 15 is 0 Å². The Balaban J connectivity index is 2.56. The molecule has 0 aliphatic rings. The van der Waals surface area contributed by atoms with Crippen molar-refractivity contribution in [3.8, 4) is 0 Å². The number of hydrogen-bond donors (Lipinski definition) is 1. The maximum atomic E-state index is 11.6. The first-order chi connectivity index (χ1) is 9.31. The highest BCUT2D eigenvalue weighted by Gasteiger charge is 2.09. The summed E-state index contributed by atoms with van der Waals surface area (Å²) in [4.78, 5) is 23.0. The second-order valence-corrected chi connectivity index (χ2v) is 6.61. The van der Waals surface area contributed by atoms with Crippen LogP contribution in [0.15, 0.2) is 24.3 Å². The molecule has 0 saturated carbocycles. The standard InChI is InChI=1S/C13H17NO5S/c1-19-13(16)10-5-3-6-11(9-10)14-12(15)7-4-8-20(2,17)18/h3,5-6,9H,4,7-8H2,1-2H3,(H,14,15). The molecule has 0 spiro atoms. The van der Waals surface area contributed by atoms with Crippen LogP contribution in [0.4, 0.5) is 5.69 Å². The summed E-state index contributed by atoms with van der Waals surface area (Å²) in [7, 11) is -1.78. The van der Waals surface area contributed by atoms with Gasteiger partial charge in [-0.15, -0.1) is 0 Å². The highest BCUT2D eigenvalue weighted by Crippen LogP contribution is 2.12. The van der Waals surface area contributed by atoms with Crippen LogP contribution in [0.2, 0.25) is 0 Å². The largest absolute Gasteiger partial charge is 0.465 e. The molecule has 0 aromatic heterocycles. The molecule has 7 heteroatoms. The average Bonchev–Trinajstić information content (AvgIpc) is 2.36. The van der Waals surface area contributed by atoms with Gasteiger partial charge in [0.2, 0.25) is 5.91 Å². The molecule has 0 atom stereocenters. The summed E-state index contributed by atoms with van der Waals surface area (Å²) in [6.07, 6.45) is 1.50. The van der Waals surface area contributed by atoms with Crippen LogP contribution in [-0.4, -0.2) is 39.4 Å². The molecule has 0 fully saturated rings. The van der Waals surface area contributed by atoms with Crippen LogP contribution in [0, 0.1) is 0 Å². The number of rotatable bonds is 6. The third kappa shape index (κ3) is 5.83. The van der Waals surface area contributed by atoms with E-state index in [2.05, 4.69) is 10.1 Å². The SMILES string of the molecule is COC(=O)c1cccc(NC(=O)CCCS(C)(=O)=O)c1. The maximum absolute atomic E-state index is 11.6. The van der Waals surface area contributed by atoms with Crippen LogP contribution >= 0.6 is 0 Å². The lowest BCUT2D eigenvalue weighted by Gasteiger charge is -2.06. The predicted molar refractivity (Wildman–Crippen MR) is 75.4 cm³/mol. The fraction of sp³-hybridized carbons (Fsp3) is 0.385. The quantitative estimate of drug-likeness (QED) is 0.798. The molecule has 0 aliphatic carbocycles. The lowest BCUT2D eigenvalue weighted by molar-refractivity contribution is -0.116. The van der Waals surface area contributed by atoms with Crippen LogP contribution < -0.4 is 5.32 Å². The van der Waals surface area contributed by atoms with Crippen LogP contribution in [0.5, 0.6) is 0 Å². The molecule has 20 heavy (non-hydrogen) atoms. The number of benzene rings is 1. The molecule has 0 saturated heterocycles. The van der Waals surface area contributed by atoms with E-state index in [0.29, 0.717) is 11.3 Å². The van der Waals surface area contributed by atoms with Gasteiger partial charge in [0.15, 0.2) is 0 Å². The second-order valence-electron chi connectivity index (χ2n) is 4.35. The zero-order chi connectivity index (χ0) is 15.2. The summed E-state index contributed by atoms with van der Waals surface area (Å²) >= 11 is 0. The minimum Gasteiger partial charge on any atom is -0.465 e. The number of anilines is 1. The van der Waals surface area contributed by atoms with E-state index in [-0.39, 0.29) is 24.5 Å². The van der Waals surface area contributed by atoms with Gasteiger partial charge < -0.3 is 10.1 Å². The molecule has 0 radical (unpaired) electrons. The molecule has 0 aliphatic heterocycles. The van der Waals surface area contributed by atoms with Crippen molar-refractivity contribution < 1.29 is 22.7 Å². The molecule has 1 aromatic carbocycles. The molecule has 1 amide bonds. The first kappa shape index (κ1) is 16.2. The number of ether oxygens (including phenoxy) is 1. The summed E-state index contributed by atoms with van der Waals surface area (Å²) in [5.74, 6) is -0.809. The molecule has 1 rings (SSSR count). The molecule has 0 heterocycles. The predicted octanol–water partition coefficient (Wildman–Crippen LogP) is 1.24. The third-order valence-corrected chi connectivity index (χ3v) is 3.52. The van der Waals surface area contributed by atoms with E-state index in [1.165, 1.54) is 13.2 Å². The van der Waals surface area contributed by atoms with Gasteiger partial charge in [-0.3, -0.25) is 4.79 Å². The van der Waals surface area contributed by atoms with E-state index < -0.39 is 15.8 Å². The minimum atomic E-state index is -3.06. The van der Waals surface area contributed by atoms with Gasteiger partial charge in [-0.05, 0) is 24.6 Å². The zero-order valence-corrected chi connectivity index (χ0v) is 12.2. The van der Waals surface area contributed by atoms with E-state index in [9.17, 15) is 18.0 Å². The highest BCUT2D eigenvalue weighted by molar-refractivity contribution is 7.90. The number of sulfone groups is 1. The second kappa shape index (κ2) is 7.04. The summed E-state index contributed by atoms with van der Waals surface area (Å²) in [5, 5.41) is 2.61. The summed E-state index contributed by atoms with van der Waals surface area (Å²) in [5.41, 5.74) is 0.804. The van der Waals surface area contributed by atoms with E-state index in [0.717, 1.165) is 6.26 Å². The molecule has 1 N–H and O–H groups in total. The van der Waals surface area contributed by atoms with Crippen molar-refractivity contribution in [3.05, 3.63) is 29.8 Å². The van der Waals surface area contributed by atoms with Gasteiger partial charge >= 0.3 is 5.97 Å². The van der Waals surface area contributed by atoms with Gasteiger partial charge in [0.1, 0.15) is 9.84 Å². The normalized spacial score (nSPS) is 10.9. The van der Waals surface area contributed by atoms with Crippen LogP contribution in [0.3, 0.4) is 0 Å². The monoisotopic (exact) mass is 299 g/mol. The van der Waals surface area contributed by atoms with Crippen molar-refractivity contribution in [2.75, 3.05) is 24.4 Å². The average molecular weight is 299 g/mol. The van der Waals surface area contributed by atoms with Crippen LogP contribution in [0.25, 0.3) is 0 Å². The van der Waals surface area contributed by atoms with Gasteiger partial charge in [0, 0.05) is 18.4 Å². The summed E-state index contributed by atoms with van der Waals surface area (Å²) < 4.78 is 26.5. The number of hydrogen-bond acceptors (Lipinski definition) is 5. The van der Waals surface area contributed by atoms with Crippen molar-refractivity contribution in [3.63, 3.8) is 0 Å². The molecular formula is C13H17NO5S. The van der Waals surface area contributed by atoms with Gasteiger partial charge in [0.25, 0.3) is 0 Å². The number of carbonyl (C=O) groups excluding carboxylic acids is 2. The van der Waals surface area contributed by atoms with Gasteiger partial charge in [-0.1, -0.05) is 6.07 Å². The highest BCUT2D eigenvalue weighted by atomic mass is 32.2. The van der Waals surface area contributed by atoms with E-state index in [4.69, 9.17) is 0 Å². The first-order valence-electron chi connectivity index (χ1n) is 5.98. The zero-order valence-electron chi connectivity index (χ0n) is 11.4. The van der Waals surface area contributed by atoms with E-state index in [1.807, 2.05) is 0 Å². The van der Waals surface area contributed by atoms with Gasteiger partial charge in [0.05, 0.1) is 18.4 Å². The number of esters is 1. The fourth-order valence-electron chi connectivity index (χ4n) is 1.56. The number of amides is 1. The van der Waals surface area contributed by atoms with Gasteiger partial charge in [-0.2, -0.15) is 0 Å². The molecule has 0 bridgehead atoms. The van der Waals surface area contributed by atoms with Gasteiger partial charge in [-0.25, -0.2) is 13.2 Å². The Bertz CT molecular complexity index is 595. The molecular weight excluding hydrogens is 282 g/mol. The minimum absolute atomic E-state index is 0.0252. The van der Waals surface area contributed by atoms with Crippen molar-refractivity contribution in [1.82, 2.24) is 0 Å². The Labute approximate surface area is 118 Å². The lowest BCUT2D eigenvalue weighted by Crippen LogP contribution is -2.14. The molecule has 0 unspecified atom stereocenters. The number of carbonyl (C=O) groups is 2. The Morgan fingerprint density at radius 2 is 2.00 bits per heavy atom. The smallest absolute Gasteiger partial charge is 0.337 e. The number of methoxy groups -OCH3 is 1. The molecule has 110 valence electrons. The fourth-order valence-corrected chi connectivity index (χ4v) is 2.23. The van der Waals surface area contributed by atoms with Crippen molar-refractivity contribution in [1.29, 1.82) is 0 Å². The van der Waals surface area contributed by atoms with E-state index in [1.54, 1.807) is 18.2 Å². The first-order valence-corrected chi connectivity index (χ1v) is 8.04. The molecule has 1 aromatic rings. The van der Waals surface area contributed by atoms with Crippen molar-refractivity contribution in [2.45, 2.75) is 12.8 Å². The van der Waals surface area contributed by atoms with Crippen LogP contribution in [-0.2, 0) is 19.4 Å². The lowest BCUT2D eigenvalue weighted by atomic mass is 10.2. The van der Waals surface area contributed by atoms with Crippen LogP contribution in [0.1, 0.15) is 23.2 Å². The topological polar surface area (TPSA) is 89.5 Å². The Morgan fingerprint density at radius 3 is 2.60 bits per heavy atom. The van der Waals surface area contributed by atoms with Crippen molar-refractivity contribution in [2.24, 2.45) is 0 Å². The Hall–Kier alpha value is -1.89. The maximum Gasteiger partial charge on any atom is 0.337 e.